The zero-order valence-corrected chi connectivity index (χ0v) is 10.8. The molecule has 0 radical (unpaired) electrons. The average Bonchev–Trinajstić information content (AvgIpc) is 2.57. The van der Waals surface area contributed by atoms with E-state index in [0.717, 1.165) is 0 Å². The third-order valence-electron chi connectivity index (χ3n) is 1.41. The monoisotopic (exact) mass is 297 g/mol. The lowest BCUT2D eigenvalue weighted by molar-refractivity contribution is 1.23. The predicted octanol–water partition coefficient (Wildman–Crippen LogP) is 3.79. The maximum absolute atomic E-state index is 5.90. The maximum Gasteiger partial charge on any atom is 0.179 e. The molecule has 0 N–H and O–H groups in total. The van der Waals surface area contributed by atoms with Gasteiger partial charge in [0.1, 0.15) is 0 Å². The van der Waals surface area contributed by atoms with Crippen molar-refractivity contribution >= 4 is 61.5 Å². The van der Waals surface area contributed by atoms with Crippen LogP contribution in [0.1, 0.15) is 0 Å². The van der Waals surface area contributed by atoms with Crippen molar-refractivity contribution in [3.63, 3.8) is 0 Å². The van der Waals surface area contributed by atoms with Crippen LogP contribution in [0.5, 0.6) is 0 Å². The largest absolute Gasteiger partial charge is 0.234 e. The van der Waals surface area contributed by atoms with E-state index in [2.05, 4.69) is 14.3 Å². The summed E-state index contributed by atoms with van der Waals surface area (Å²) in [5.41, 5.74) is 0. The van der Waals surface area contributed by atoms with Crippen molar-refractivity contribution < 1.29 is 0 Å². The number of hydrogen-bond donors (Lipinski definition) is 0. The topological polar surface area (TPSA) is 38.1 Å². The van der Waals surface area contributed by atoms with Gasteiger partial charge in [0.2, 0.25) is 0 Å². The van der Waals surface area contributed by atoms with Crippen molar-refractivity contribution in [2.24, 2.45) is 4.99 Å². The van der Waals surface area contributed by atoms with Crippen LogP contribution in [-0.4, -0.2) is 9.36 Å². The average molecular weight is 299 g/mol. The molecule has 0 saturated carbocycles. The van der Waals surface area contributed by atoms with Crippen LogP contribution in [0.2, 0.25) is 15.2 Å². The molecule has 0 unspecified atom stereocenters. The van der Waals surface area contributed by atoms with Crippen molar-refractivity contribution in [3.05, 3.63) is 32.1 Å². The van der Waals surface area contributed by atoms with Gasteiger partial charge in [0, 0.05) is 16.7 Å². The summed E-state index contributed by atoms with van der Waals surface area (Å²) in [4.78, 5) is 8.16. The maximum atomic E-state index is 5.90. The Hall–Kier alpha value is -0.200. The fourth-order valence-corrected chi connectivity index (χ4v) is 3.21. The van der Waals surface area contributed by atoms with Gasteiger partial charge in [0.25, 0.3) is 0 Å². The van der Waals surface area contributed by atoms with Crippen molar-refractivity contribution in [3.8, 4) is 0 Å². The van der Waals surface area contributed by atoms with Crippen LogP contribution in [0, 0.1) is 0 Å². The number of hydrogen-bond acceptors (Lipinski definition) is 5. The molecular weight excluding hydrogens is 297 g/mol. The van der Waals surface area contributed by atoms with Gasteiger partial charge < -0.3 is 0 Å². The molecule has 0 amide bonds. The number of pyridine rings is 1. The number of nitrogens with zero attached hydrogens (tertiary/aromatic N) is 3. The first-order valence-corrected chi connectivity index (χ1v) is 6.88. The number of rotatable bonds is 1. The Morgan fingerprint density at radius 2 is 2.07 bits per heavy atom. The second-order valence-corrected chi connectivity index (χ2v) is 5.45. The molecule has 0 fully saturated rings. The van der Waals surface area contributed by atoms with E-state index in [0.29, 0.717) is 25.7 Å². The Kier molecular flexibility index (Phi) is 3.58. The fraction of sp³-hybridized carbons (Fsp3) is 0. The molecule has 0 aromatic carbocycles. The minimum atomic E-state index is 0.359. The fourth-order valence-electron chi connectivity index (χ4n) is 0.811. The molecule has 0 saturated heterocycles. The molecule has 2 rings (SSSR count). The van der Waals surface area contributed by atoms with E-state index in [1.807, 2.05) is 0 Å². The Labute approximate surface area is 108 Å². The molecule has 2 heterocycles. The van der Waals surface area contributed by atoms with E-state index >= 15 is 0 Å². The van der Waals surface area contributed by atoms with Crippen molar-refractivity contribution in [1.29, 1.82) is 0 Å². The van der Waals surface area contributed by atoms with E-state index in [1.165, 1.54) is 27.1 Å². The van der Waals surface area contributed by atoms with E-state index in [9.17, 15) is 0 Å². The van der Waals surface area contributed by atoms with E-state index < -0.39 is 0 Å². The minimum Gasteiger partial charge on any atom is -0.234 e. The molecule has 8 heteroatoms. The van der Waals surface area contributed by atoms with Gasteiger partial charge in [-0.2, -0.15) is 4.37 Å². The Bertz CT molecular complexity index is 548. The second kappa shape index (κ2) is 4.76. The SMILES string of the molecule is Clc1cnc(N=c2ssnc2Cl)c(Cl)c1. The van der Waals surface area contributed by atoms with Gasteiger partial charge in [-0.3, -0.25) is 0 Å². The van der Waals surface area contributed by atoms with Crippen LogP contribution < -0.4 is 4.67 Å². The molecule has 0 bridgehead atoms. The highest BCUT2D eigenvalue weighted by molar-refractivity contribution is 7.66. The Morgan fingerprint density at radius 3 is 2.67 bits per heavy atom. The van der Waals surface area contributed by atoms with Crippen LogP contribution in [0.15, 0.2) is 17.3 Å². The van der Waals surface area contributed by atoms with E-state index in [-0.39, 0.29) is 0 Å². The zero-order chi connectivity index (χ0) is 10.8. The van der Waals surface area contributed by atoms with Gasteiger partial charge in [-0.1, -0.05) is 34.8 Å². The summed E-state index contributed by atoms with van der Waals surface area (Å²) < 4.78 is 4.49. The minimum absolute atomic E-state index is 0.359. The van der Waals surface area contributed by atoms with Crippen molar-refractivity contribution in [2.75, 3.05) is 0 Å². The van der Waals surface area contributed by atoms with Gasteiger partial charge in [-0.15, -0.1) is 0 Å². The molecule has 0 atom stereocenters. The van der Waals surface area contributed by atoms with Gasteiger partial charge in [0.15, 0.2) is 15.6 Å². The van der Waals surface area contributed by atoms with Gasteiger partial charge >= 0.3 is 0 Å². The van der Waals surface area contributed by atoms with Gasteiger partial charge in [0.05, 0.1) is 10.0 Å². The number of aromatic nitrogens is 2. The first-order valence-electron chi connectivity index (χ1n) is 3.64. The molecule has 0 spiro atoms. The quantitative estimate of drug-likeness (QED) is 0.751. The van der Waals surface area contributed by atoms with Crippen LogP contribution in [0.3, 0.4) is 0 Å². The highest BCUT2D eigenvalue weighted by atomic mass is 35.5. The lowest BCUT2D eigenvalue weighted by Gasteiger charge is -1.95. The summed E-state index contributed by atoms with van der Waals surface area (Å²) in [5.74, 6) is 0.388. The smallest absolute Gasteiger partial charge is 0.179 e. The summed E-state index contributed by atoms with van der Waals surface area (Å²) in [5, 5.41) is 1.21. The summed E-state index contributed by atoms with van der Waals surface area (Å²) in [6.45, 7) is 0. The third-order valence-corrected chi connectivity index (χ3v) is 4.06. The Morgan fingerprint density at radius 1 is 1.27 bits per heavy atom. The highest BCUT2D eigenvalue weighted by Crippen LogP contribution is 2.24. The van der Waals surface area contributed by atoms with Crippen LogP contribution in [-0.2, 0) is 0 Å². The molecule has 0 aliphatic rings. The molecule has 0 aliphatic carbocycles. The summed E-state index contributed by atoms with van der Waals surface area (Å²) >= 11 is 17.4. The molecule has 2 aromatic rings. The lowest BCUT2D eigenvalue weighted by atomic mass is 10.4. The molecule has 3 nitrogen and oxygen atoms in total. The van der Waals surface area contributed by atoms with Crippen molar-refractivity contribution in [2.45, 2.75) is 0 Å². The van der Waals surface area contributed by atoms with E-state index in [4.69, 9.17) is 34.8 Å². The summed E-state index contributed by atoms with van der Waals surface area (Å²) in [6, 6.07) is 1.58. The van der Waals surface area contributed by atoms with E-state index in [1.54, 1.807) is 6.07 Å². The molecule has 78 valence electrons. The van der Waals surface area contributed by atoms with Gasteiger partial charge in [-0.25, -0.2) is 9.98 Å². The third kappa shape index (κ3) is 2.68. The van der Waals surface area contributed by atoms with Crippen LogP contribution >= 0.6 is 55.7 Å². The number of halogens is 3. The molecule has 2 aromatic heterocycles. The summed E-state index contributed by atoms with van der Waals surface area (Å²) in [6.07, 6.45) is 1.48. The van der Waals surface area contributed by atoms with Gasteiger partial charge in [-0.05, 0) is 16.4 Å². The second-order valence-electron chi connectivity index (χ2n) is 2.42. The summed E-state index contributed by atoms with van der Waals surface area (Å²) in [7, 11) is 2.62. The zero-order valence-electron chi connectivity index (χ0n) is 6.95. The first-order chi connectivity index (χ1) is 7.16. The molecule has 0 aliphatic heterocycles. The molecule has 15 heavy (non-hydrogen) atoms. The Balaban J connectivity index is 2.53. The molecular formula is C7H2Cl3N3S2. The normalized spacial score (nSPS) is 12.1. The van der Waals surface area contributed by atoms with Crippen LogP contribution in [0.25, 0.3) is 0 Å². The van der Waals surface area contributed by atoms with Crippen molar-refractivity contribution in [1.82, 2.24) is 9.36 Å². The first kappa shape index (κ1) is 11.3. The predicted molar refractivity (Wildman–Crippen MR) is 64.5 cm³/mol. The standard InChI is InChI=1S/C7H2Cl3N3S2/c8-3-1-4(9)6(11-2-3)12-7-5(10)13-15-14-7/h1-2H. The highest BCUT2D eigenvalue weighted by Gasteiger charge is 2.03. The lowest BCUT2D eigenvalue weighted by Crippen LogP contribution is -1.93. The van der Waals surface area contributed by atoms with Crippen LogP contribution in [0.4, 0.5) is 5.82 Å².